The number of hydrogen-bond donors (Lipinski definition) is 1. The van der Waals surface area contributed by atoms with Gasteiger partial charge in [0.1, 0.15) is 5.52 Å². The number of fused-ring (bicyclic) bond motifs is 1. The molecule has 142 valence electrons. The third-order valence-electron chi connectivity index (χ3n) is 5.33. The number of nitrogens with zero attached hydrogens (tertiary/aromatic N) is 2. The van der Waals surface area contributed by atoms with E-state index < -0.39 is 0 Å². The molecule has 2 aromatic heterocycles. The van der Waals surface area contributed by atoms with Crippen molar-refractivity contribution >= 4 is 28.3 Å². The first-order valence-electron chi connectivity index (χ1n) is 9.78. The second-order valence-corrected chi connectivity index (χ2v) is 8.23. The molecule has 0 aliphatic heterocycles. The second kappa shape index (κ2) is 8.21. The molecule has 1 saturated carbocycles. The van der Waals surface area contributed by atoms with E-state index in [1.165, 1.54) is 24.1 Å². The van der Waals surface area contributed by atoms with Crippen molar-refractivity contribution in [2.45, 2.75) is 57.8 Å². The Labute approximate surface area is 163 Å². The molecule has 0 unspecified atom stereocenters. The summed E-state index contributed by atoms with van der Waals surface area (Å²) in [6.45, 7) is 2.68. The van der Waals surface area contributed by atoms with Gasteiger partial charge in [0.05, 0.1) is 11.2 Å². The molecule has 2 heterocycles. The number of hydrogen-bond acceptors (Lipinski definition) is 5. The van der Waals surface area contributed by atoms with Gasteiger partial charge >= 0.3 is 0 Å². The Morgan fingerprint density at radius 2 is 2.15 bits per heavy atom. The highest BCUT2D eigenvalue weighted by molar-refractivity contribution is 7.09. The topological polar surface area (TPSA) is 68.0 Å². The first-order chi connectivity index (χ1) is 13.2. The zero-order valence-corrected chi connectivity index (χ0v) is 16.5. The van der Waals surface area contributed by atoms with Crippen LogP contribution in [0.2, 0.25) is 0 Å². The lowest BCUT2D eigenvalue weighted by Gasteiger charge is -2.17. The fourth-order valence-corrected chi connectivity index (χ4v) is 4.55. The highest BCUT2D eigenvalue weighted by Crippen LogP contribution is 2.33. The lowest BCUT2D eigenvalue weighted by Crippen LogP contribution is -2.24. The fraction of sp³-hybridized carbons (Fsp3) is 0.476. The summed E-state index contributed by atoms with van der Waals surface area (Å²) < 4.78 is 5.99. The molecule has 6 heteroatoms. The van der Waals surface area contributed by atoms with Gasteiger partial charge in [0, 0.05) is 22.9 Å². The molecular formula is C21H25N3O2S. The highest BCUT2D eigenvalue weighted by Gasteiger charge is 2.21. The number of carbonyl (C=O) groups excluding carboxylic acids is 1. The molecule has 3 aromatic rings. The lowest BCUT2D eigenvalue weighted by molar-refractivity contribution is 0.0953. The number of nitrogens with one attached hydrogen (secondary N) is 1. The summed E-state index contributed by atoms with van der Waals surface area (Å²) in [5.74, 6) is 1.20. The SMILES string of the molecule is Cc1ncsc1CCCNC(=O)c1ccc2nc(C3CCCCC3)oc2c1. The van der Waals surface area contributed by atoms with E-state index in [9.17, 15) is 4.79 Å². The lowest BCUT2D eigenvalue weighted by atomic mass is 9.89. The predicted molar refractivity (Wildman–Crippen MR) is 107 cm³/mol. The summed E-state index contributed by atoms with van der Waals surface area (Å²) in [6, 6.07) is 5.54. The average molecular weight is 384 g/mol. The van der Waals surface area contributed by atoms with E-state index in [0.717, 1.165) is 42.8 Å². The maximum absolute atomic E-state index is 12.4. The van der Waals surface area contributed by atoms with Gasteiger partial charge in [-0.05, 0) is 50.8 Å². The van der Waals surface area contributed by atoms with E-state index in [-0.39, 0.29) is 5.91 Å². The van der Waals surface area contributed by atoms with Crippen molar-refractivity contribution in [3.05, 3.63) is 45.7 Å². The van der Waals surface area contributed by atoms with Crippen molar-refractivity contribution in [3.63, 3.8) is 0 Å². The van der Waals surface area contributed by atoms with Gasteiger partial charge in [0.25, 0.3) is 5.91 Å². The number of rotatable bonds is 6. The number of aromatic nitrogens is 2. The number of carbonyl (C=O) groups is 1. The summed E-state index contributed by atoms with van der Waals surface area (Å²) in [7, 11) is 0. The van der Waals surface area contributed by atoms with E-state index in [1.54, 1.807) is 11.3 Å². The molecule has 1 aliphatic rings. The van der Waals surface area contributed by atoms with Gasteiger partial charge in [0.15, 0.2) is 11.5 Å². The monoisotopic (exact) mass is 383 g/mol. The molecule has 4 rings (SSSR count). The smallest absolute Gasteiger partial charge is 0.251 e. The fourth-order valence-electron chi connectivity index (χ4n) is 3.73. The largest absolute Gasteiger partial charge is 0.440 e. The summed E-state index contributed by atoms with van der Waals surface area (Å²) in [5.41, 5.74) is 5.15. The number of benzene rings is 1. The van der Waals surface area contributed by atoms with E-state index >= 15 is 0 Å². The first kappa shape index (κ1) is 18.2. The highest BCUT2D eigenvalue weighted by atomic mass is 32.1. The zero-order chi connectivity index (χ0) is 18.6. The van der Waals surface area contributed by atoms with Crippen molar-refractivity contribution in [1.29, 1.82) is 0 Å². The number of amides is 1. The molecule has 1 aliphatic carbocycles. The molecule has 1 fully saturated rings. The predicted octanol–water partition coefficient (Wildman–Crippen LogP) is 5.00. The molecule has 0 atom stereocenters. The number of thiazole rings is 1. The maximum atomic E-state index is 12.4. The molecule has 1 N–H and O–H groups in total. The molecular weight excluding hydrogens is 358 g/mol. The summed E-state index contributed by atoms with van der Waals surface area (Å²) in [6.07, 6.45) is 7.96. The van der Waals surface area contributed by atoms with Crippen molar-refractivity contribution in [2.24, 2.45) is 0 Å². The summed E-state index contributed by atoms with van der Waals surface area (Å²) >= 11 is 1.68. The van der Waals surface area contributed by atoms with Crippen LogP contribution in [0.3, 0.4) is 0 Å². The Bertz CT molecular complexity index is 925. The standard InChI is InChI=1S/C21H25N3O2S/c1-14-19(27-13-23-14)8-5-11-22-20(25)16-9-10-17-18(12-16)26-21(24-17)15-6-3-2-4-7-15/h9-10,12-13,15H,2-8,11H2,1H3,(H,22,25). The van der Waals surface area contributed by atoms with Crippen molar-refractivity contribution < 1.29 is 9.21 Å². The van der Waals surface area contributed by atoms with Crippen LogP contribution in [0.25, 0.3) is 11.1 Å². The van der Waals surface area contributed by atoms with Crippen molar-refractivity contribution in [1.82, 2.24) is 15.3 Å². The molecule has 0 radical (unpaired) electrons. The van der Waals surface area contributed by atoms with E-state index in [0.29, 0.717) is 23.6 Å². The van der Waals surface area contributed by atoms with Crippen LogP contribution in [0.1, 0.15) is 71.3 Å². The van der Waals surface area contributed by atoms with Crippen LogP contribution >= 0.6 is 11.3 Å². The molecule has 0 bridgehead atoms. The minimum atomic E-state index is -0.0615. The van der Waals surface area contributed by atoms with Gasteiger partial charge in [-0.1, -0.05) is 19.3 Å². The Balaban J connectivity index is 1.36. The van der Waals surface area contributed by atoms with Gasteiger partial charge in [-0.15, -0.1) is 11.3 Å². The van der Waals surface area contributed by atoms with Crippen LogP contribution in [0.15, 0.2) is 28.1 Å². The summed E-state index contributed by atoms with van der Waals surface area (Å²) in [4.78, 5) is 22.6. The molecule has 5 nitrogen and oxygen atoms in total. The Morgan fingerprint density at radius 1 is 1.30 bits per heavy atom. The zero-order valence-electron chi connectivity index (χ0n) is 15.7. The van der Waals surface area contributed by atoms with Crippen molar-refractivity contribution in [2.75, 3.05) is 6.54 Å². The summed E-state index contributed by atoms with van der Waals surface area (Å²) in [5, 5.41) is 3.00. The van der Waals surface area contributed by atoms with Gasteiger partial charge < -0.3 is 9.73 Å². The Hall–Kier alpha value is -2.21. The quantitative estimate of drug-likeness (QED) is 0.608. The van der Waals surface area contributed by atoms with Gasteiger partial charge in [0.2, 0.25) is 0 Å². The second-order valence-electron chi connectivity index (χ2n) is 7.29. The first-order valence-corrected chi connectivity index (χ1v) is 10.7. The van der Waals surface area contributed by atoms with Crippen LogP contribution in [0.4, 0.5) is 0 Å². The Kier molecular flexibility index (Phi) is 5.53. The maximum Gasteiger partial charge on any atom is 0.251 e. The van der Waals surface area contributed by atoms with Crippen LogP contribution < -0.4 is 5.32 Å². The Morgan fingerprint density at radius 3 is 2.93 bits per heavy atom. The van der Waals surface area contributed by atoms with Crippen molar-refractivity contribution in [3.8, 4) is 0 Å². The van der Waals surface area contributed by atoms with E-state index in [4.69, 9.17) is 4.42 Å². The van der Waals surface area contributed by atoms with Crippen LogP contribution in [-0.2, 0) is 6.42 Å². The van der Waals surface area contributed by atoms with Crippen LogP contribution in [0, 0.1) is 6.92 Å². The third kappa shape index (κ3) is 4.21. The van der Waals surface area contributed by atoms with Gasteiger partial charge in [-0.2, -0.15) is 0 Å². The van der Waals surface area contributed by atoms with Crippen LogP contribution in [0.5, 0.6) is 0 Å². The minimum Gasteiger partial charge on any atom is -0.440 e. The van der Waals surface area contributed by atoms with Gasteiger partial charge in [-0.25, -0.2) is 9.97 Å². The van der Waals surface area contributed by atoms with Crippen LogP contribution in [-0.4, -0.2) is 22.4 Å². The third-order valence-corrected chi connectivity index (χ3v) is 6.33. The molecule has 1 aromatic carbocycles. The number of aryl methyl sites for hydroxylation is 2. The molecule has 0 spiro atoms. The van der Waals surface area contributed by atoms with E-state index in [2.05, 4.69) is 15.3 Å². The molecule has 0 saturated heterocycles. The molecule has 27 heavy (non-hydrogen) atoms. The van der Waals surface area contributed by atoms with Gasteiger partial charge in [-0.3, -0.25) is 4.79 Å². The normalized spacial score (nSPS) is 15.3. The van der Waals surface area contributed by atoms with E-state index in [1.807, 2.05) is 30.6 Å². The minimum absolute atomic E-state index is 0.0615. The molecule has 1 amide bonds. The number of oxazole rings is 1. The average Bonchev–Trinajstić information content (AvgIpc) is 3.31.